The highest BCUT2D eigenvalue weighted by Crippen LogP contribution is 2.35. The van der Waals surface area contributed by atoms with Gasteiger partial charge in [-0.15, -0.1) is 11.3 Å². The molecule has 0 N–H and O–H groups in total. The fourth-order valence-electron chi connectivity index (χ4n) is 3.60. The van der Waals surface area contributed by atoms with Gasteiger partial charge in [-0.1, -0.05) is 54.6 Å². The molecule has 0 saturated heterocycles. The predicted molar refractivity (Wildman–Crippen MR) is 118 cm³/mol. The molecule has 2 nitrogen and oxygen atoms in total. The molecule has 136 valence electrons. The molecule has 3 aromatic carbocycles. The Morgan fingerprint density at radius 2 is 1.64 bits per heavy atom. The third kappa shape index (κ3) is 3.14. The minimum Gasteiger partial charge on any atom is -0.481 e. The van der Waals surface area contributed by atoms with Gasteiger partial charge in [0.05, 0.1) is 12.6 Å². The lowest BCUT2D eigenvalue weighted by molar-refractivity contribution is 0.395. The van der Waals surface area contributed by atoms with Crippen molar-refractivity contribution in [3.8, 4) is 16.3 Å². The normalized spacial score (nSPS) is 11.2. The van der Waals surface area contributed by atoms with Crippen LogP contribution in [0.5, 0.6) is 5.88 Å². The molecule has 5 rings (SSSR count). The van der Waals surface area contributed by atoms with Crippen LogP contribution in [0.15, 0.2) is 84.9 Å². The van der Waals surface area contributed by atoms with Crippen molar-refractivity contribution >= 4 is 32.3 Å². The summed E-state index contributed by atoms with van der Waals surface area (Å²) in [5, 5.41) is 2.43. The number of pyridine rings is 1. The van der Waals surface area contributed by atoms with Gasteiger partial charge in [0, 0.05) is 26.9 Å². The molecule has 0 bridgehead atoms. The molecule has 0 fully saturated rings. The van der Waals surface area contributed by atoms with Gasteiger partial charge in [-0.3, -0.25) is 0 Å². The molecule has 0 aliphatic carbocycles. The Morgan fingerprint density at radius 1 is 0.821 bits per heavy atom. The lowest BCUT2D eigenvalue weighted by Crippen LogP contribution is -1.97. The van der Waals surface area contributed by atoms with E-state index in [1.54, 1.807) is 7.11 Å². The number of nitrogens with zero attached hydrogens (tertiary/aromatic N) is 1. The number of hydrogen-bond donors (Lipinski definition) is 0. The lowest BCUT2D eigenvalue weighted by Gasteiger charge is -2.10. The SMILES string of the molecule is COc1nc2ccc(-c3cc4ccccc4s3)cc2cc1Cc1ccccc1. The Morgan fingerprint density at radius 3 is 2.46 bits per heavy atom. The Bertz CT molecular complexity index is 1240. The maximum atomic E-state index is 5.57. The highest BCUT2D eigenvalue weighted by atomic mass is 32.1. The van der Waals surface area contributed by atoms with Gasteiger partial charge in [-0.2, -0.15) is 0 Å². The van der Waals surface area contributed by atoms with Crippen molar-refractivity contribution in [1.82, 2.24) is 4.98 Å². The van der Waals surface area contributed by atoms with E-state index in [9.17, 15) is 0 Å². The summed E-state index contributed by atoms with van der Waals surface area (Å²) in [4.78, 5) is 6.03. The van der Waals surface area contributed by atoms with Gasteiger partial charge in [-0.05, 0) is 46.8 Å². The molecular formula is C25H19NOS. The van der Waals surface area contributed by atoms with E-state index in [1.165, 1.54) is 26.1 Å². The predicted octanol–water partition coefficient (Wildman–Crippen LogP) is 6.72. The van der Waals surface area contributed by atoms with E-state index >= 15 is 0 Å². The monoisotopic (exact) mass is 381 g/mol. The van der Waals surface area contributed by atoms with Gasteiger partial charge >= 0.3 is 0 Å². The number of methoxy groups -OCH3 is 1. The van der Waals surface area contributed by atoms with E-state index in [0.29, 0.717) is 5.88 Å². The highest BCUT2D eigenvalue weighted by Gasteiger charge is 2.11. The molecule has 0 spiro atoms. The Hall–Kier alpha value is -3.17. The molecule has 0 amide bonds. The largest absolute Gasteiger partial charge is 0.481 e. The van der Waals surface area contributed by atoms with Gasteiger partial charge < -0.3 is 4.74 Å². The standard InChI is InChI=1S/C25H19NOS/c1-27-25-21(13-17-7-3-2-4-8-17)15-20-14-19(11-12-22(20)26-25)24-16-18-9-5-6-10-23(18)28-24/h2-12,14-16H,13H2,1H3. The molecule has 0 aliphatic heterocycles. The van der Waals surface area contributed by atoms with Gasteiger partial charge in [0.2, 0.25) is 5.88 Å². The molecule has 28 heavy (non-hydrogen) atoms. The maximum Gasteiger partial charge on any atom is 0.217 e. The second-order valence-corrected chi connectivity index (χ2v) is 7.96. The topological polar surface area (TPSA) is 22.1 Å². The van der Waals surface area contributed by atoms with Crippen molar-refractivity contribution < 1.29 is 4.74 Å². The fraction of sp³-hybridized carbons (Fsp3) is 0.0800. The highest BCUT2D eigenvalue weighted by molar-refractivity contribution is 7.22. The van der Waals surface area contributed by atoms with Crippen molar-refractivity contribution in [2.45, 2.75) is 6.42 Å². The summed E-state index contributed by atoms with van der Waals surface area (Å²) < 4.78 is 6.89. The summed E-state index contributed by atoms with van der Waals surface area (Å²) in [5.74, 6) is 0.700. The van der Waals surface area contributed by atoms with Crippen LogP contribution in [-0.2, 0) is 6.42 Å². The Labute approximate surface area is 168 Å². The molecule has 5 aromatic rings. The molecule has 0 atom stereocenters. The van der Waals surface area contributed by atoms with Crippen molar-refractivity contribution in [3.63, 3.8) is 0 Å². The number of rotatable bonds is 4. The van der Waals surface area contributed by atoms with E-state index in [0.717, 1.165) is 22.9 Å². The minimum absolute atomic E-state index is 0.700. The first-order chi connectivity index (χ1) is 13.8. The van der Waals surface area contributed by atoms with Crippen LogP contribution < -0.4 is 4.74 Å². The van der Waals surface area contributed by atoms with Crippen LogP contribution in [0, 0.1) is 0 Å². The second kappa shape index (κ2) is 7.10. The smallest absolute Gasteiger partial charge is 0.217 e. The van der Waals surface area contributed by atoms with Crippen molar-refractivity contribution in [1.29, 1.82) is 0 Å². The van der Waals surface area contributed by atoms with E-state index in [2.05, 4.69) is 78.9 Å². The summed E-state index contributed by atoms with van der Waals surface area (Å²) in [6.45, 7) is 0. The van der Waals surface area contributed by atoms with E-state index in [1.807, 2.05) is 17.4 Å². The van der Waals surface area contributed by atoms with Gasteiger partial charge in [0.1, 0.15) is 0 Å². The average Bonchev–Trinajstić information content (AvgIpc) is 3.18. The quantitative estimate of drug-likeness (QED) is 0.345. The molecule has 0 radical (unpaired) electrons. The average molecular weight is 382 g/mol. The minimum atomic E-state index is 0.700. The third-order valence-corrected chi connectivity index (χ3v) is 6.16. The number of thiophene rings is 1. The Kier molecular flexibility index (Phi) is 4.30. The van der Waals surface area contributed by atoms with E-state index in [-0.39, 0.29) is 0 Å². The van der Waals surface area contributed by atoms with E-state index in [4.69, 9.17) is 9.72 Å². The number of benzene rings is 3. The summed E-state index contributed by atoms with van der Waals surface area (Å²) in [5.41, 5.74) is 4.54. The van der Waals surface area contributed by atoms with Gasteiger partial charge in [-0.25, -0.2) is 4.98 Å². The first-order valence-electron chi connectivity index (χ1n) is 9.31. The van der Waals surface area contributed by atoms with Gasteiger partial charge in [0.25, 0.3) is 0 Å². The third-order valence-electron chi connectivity index (χ3n) is 4.99. The molecule has 2 heterocycles. The van der Waals surface area contributed by atoms with Crippen molar-refractivity contribution in [2.75, 3.05) is 7.11 Å². The summed E-state index contributed by atoms with van der Waals surface area (Å²) >= 11 is 1.83. The number of ether oxygens (including phenoxy) is 1. The first kappa shape index (κ1) is 17.0. The van der Waals surface area contributed by atoms with Crippen molar-refractivity contribution in [3.05, 3.63) is 96.1 Å². The molecular weight excluding hydrogens is 362 g/mol. The zero-order valence-corrected chi connectivity index (χ0v) is 16.4. The number of aromatic nitrogens is 1. The van der Waals surface area contributed by atoms with Crippen LogP contribution in [0.25, 0.3) is 31.4 Å². The maximum absolute atomic E-state index is 5.57. The van der Waals surface area contributed by atoms with Crippen LogP contribution in [0.3, 0.4) is 0 Å². The van der Waals surface area contributed by atoms with Gasteiger partial charge in [0.15, 0.2) is 0 Å². The molecule has 3 heteroatoms. The molecule has 2 aromatic heterocycles. The summed E-state index contributed by atoms with van der Waals surface area (Å²) in [6, 6.07) is 29.9. The zero-order valence-electron chi connectivity index (χ0n) is 15.6. The lowest BCUT2D eigenvalue weighted by atomic mass is 10.0. The first-order valence-corrected chi connectivity index (χ1v) is 10.1. The van der Waals surface area contributed by atoms with Crippen LogP contribution in [0.4, 0.5) is 0 Å². The van der Waals surface area contributed by atoms with Crippen molar-refractivity contribution in [2.24, 2.45) is 0 Å². The van der Waals surface area contributed by atoms with Crippen LogP contribution >= 0.6 is 11.3 Å². The zero-order chi connectivity index (χ0) is 18.9. The molecule has 0 saturated carbocycles. The van der Waals surface area contributed by atoms with Crippen LogP contribution in [0.1, 0.15) is 11.1 Å². The van der Waals surface area contributed by atoms with E-state index < -0.39 is 0 Å². The summed E-state index contributed by atoms with van der Waals surface area (Å²) in [6.07, 6.45) is 0.806. The van der Waals surface area contributed by atoms with Crippen LogP contribution in [0.2, 0.25) is 0 Å². The summed E-state index contributed by atoms with van der Waals surface area (Å²) in [7, 11) is 1.69. The fourth-order valence-corrected chi connectivity index (χ4v) is 4.66. The second-order valence-electron chi connectivity index (χ2n) is 6.88. The van der Waals surface area contributed by atoms with Crippen LogP contribution in [-0.4, -0.2) is 12.1 Å². The number of hydrogen-bond acceptors (Lipinski definition) is 3. The number of fused-ring (bicyclic) bond motifs is 2. The molecule has 0 unspecified atom stereocenters. The molecule has 0 aliphatic rings. The Balaban J connectivity index is 1.60.